The normalized spacial score (nSPS) is 11.7. The van der Waals surface area contributed by atoms with Gasteiger partial charge >= 0.3 is 35.8 Å². The van der Waals surface area contributed by atoms with Crippen LogP contribution in [0.1, 0.15) is 230 Å². The van der Waals surface area contributed by atoms with Crippen LogP contribution in [0.5, 0.6) is 23.0 Å². The number of rotatable bonds is 44. The van der Waals surface area contributed by atoms with E-state index in [0.717, 1.165) is 87.8 Å². The number of carbonyl (C=O) groups excluding carboxylic acids is 10. The molecule has 0 amide bonds. The van der Waals surface area contributed by atoms with Crippen molar-refractivity contribution in [3.63, 3.8) is 0 Å². The summed E-state index contributed by atoms with van der Waals surface area (Å²) in [6, 6.07) is 13.8. The SMILES string of the molecule is C=CC(=O)OCCOc1c2cc(C(=O)CCCCC)cc1Cc1cc(C(=O)CCCCC)cc(c1OCCOC(=O)/C=C\C(=O)OCC)Cc1cc(C(=O)CCCCC)cc(c1OCCOC(=O)C=C)Cc1cc(C(=O)CCCCC)cc(c1OCCOC(=O)/C=C\C(=O)OCC)C2. The molecule has 1 aliphatic carbocycles. The summed E-state index contributed by atoms with van der Waals surface area (Å²) in [5.74, 6) is -4.32. The van der Waals surface area contributed by atoms with Crippen molar-refractivity contribution in [2.75, 3.05) is 66.1 Å². The Hall–Kier alpha value is -9.46. The summed E-state index contributed by atoms with van der Waals surface area (Å²) in [6.07, 6.45) is 15.1. The van der Waals surface area contributed by atoms with Gasteiger partial charge in [0, 0.05) is 110 Å². The number of ketones is 4. The second-order valence-corrected chi connectivity index (χ2v) is 23.4. The number of benzene rings is 4. The third-order valence-corrected chi connectivity index (χ3v) is 15.7. The molecule has 0 aromatic heterocycles. The molecule has 1 aliphatic rings. The lowest BCUT2D eigenvalue weighted by Gasteiger charge is -2.25. The number of carbonyl (C=O) groups is 10. The van der Waals surface area contributed by atoms with Gasteiger partial charge in [-0.15, -0.1) is 0 Å². The monoisotopic (exact) mass is 1350 g/mol. The molecular formula is C78H96O20. The first-order chi connectivity index (χ1) is 47.4. The van der Waals surface area contributed by atoms with Gasteiger partial charge in [0.25, 0.3) is 0 Å². The molecule has 0 saturated heterocycles. The van der Waals surface area contributed by atoms with E-state index in [2.05, 4.69) is 13.2 Å². The first kappa shape index (κ1) is 79.2. The highest BCUT2D eigenvalue weighted by Crippen LogP contribution is 2.42. The molecule has 20 nitrogen and oxygen atoms in total. The van der Waals surface area contributed by atoms with Gasteiger partial charge in [-0.05, 0) is 133 Å². The van der Waals surface area contributed by atoms with Gasteiger partial charge in [0.1, 0.15) is 75.9 Å². The Labute approximate surface area is 575 Å². The quantitative estimate of drug-likeness (QED) is 0.0115. The Morgan fingerprint density at radius 1 is 0.296 bits per heavy atom. The third kappa shape index (κ3) is 26.5. The maximum atomic E-state index is 14.8. The zero-order valence-corrected chi connectivity index (χ0v) is 57.9. The molecule has 5 rings (SSSR count). The van der Waals surface area contributed by atoms with Crippen molar-refractivity contribution in [3.05, 3.63) is 165 Å². The van der Waals surface area contributed by atoms with Crippen LogP contribution in [0.4, 0.5) is 0 Å². The Kier molecular flexibility index (Phi) is 35.3. The summed E-state index contributed by atoms with van der Waals surface area (Å²) in [4.78, 5) is 134. The summed E-state index contributed by atoms with van der Waals surface area (Å²) in [5.41, 5.74) is 4.71. The molecule has 0 heterocycles. The van der Waals surface area contributed by atoms with Crippen LogP contribution < -0.4 is 18.9 Å². The van der Waals surface area contributed by atoms with Gasteiger partial charge in [-0.3, -0.25) is 19.2 Å². The highest BCUT2D eigenvalue weighted by atomic mass is 16.6. The fourth-order valence-electron chi connectivity index (χ4n) is 11.0. The number of hydrogen-bond donors (Lipinski definition) is 0. The molecular weight excluding hydrogens is 1260 g/mol. The molecule has 0 spiro atoms. The predicted molar refractivity (Wildman–Crippen MR) is 369 cm³/mol. The second kappa shape index (κ2) is 43.7. The van der Waals surface area contributed by atoms with Gasteiger partial charge < -0.3 is 47.4 Å². The van der Waals surface area contributed by atoms with Gasteiger partial charge in [0.2, 0.25) is 0 Å². The Morgan fingerprint density at radius 3 is 0.694 bits per heavy atom. The highest BCUT2D eigenvalue weighted by molar-refractivity contribution is 5.99. The zero-order valence-electron chi connectivity index (χ0n) is 57.9. The first-order valence-corrected chi connectivity index (χ1v) is 34.3. The minimum absolute atomic E-state index is 0.0911. The summed E-state index contributed by atoms with van der Waals surface area (Å²) in [6.45, 7) is 16.6. The van der Waals surface area contributed by atoms with Gasteiger partial charge in [-0.25, -0.2) is 28.8 Å². The van der Waals surface area contributed by atoms with Gasteiger partial charge in [-0.2, -0.15) is 0 Å². The fraction of sp³-hybridized carbons (Fsp3) is 0.462. The molecule has 0 N–H and O–H groups in total. The molecule has 4 aromatic rings. The topological polar surface area (TPSA) is 263 Å². The molecule has 8 bridgehead atoms. The van der Waals surface area contributed by atoms with E-state index in [1.165, 1.54) is 0 Å². The van der Waals surface area contributed by atoms with Crippen molar-refractivity contribution in [2.45, 2.75) is 170 Å². The van der Waals surface area contributed by atoms with Crippen LogP contribution in [0.2, 0.25) is 0 Å². The third-order valence-electron chi connectivity index (χ3n) is 15.7. The van der Waals surface area contributed by atoms with Crippen LogP contribution in [-0.4, -0.2) is 125 Å². The molecule has 0 aliphatic heterocycles. The van der Waals surface area contributed by atoms with Crippen molar-refractivity contribution in [1.82, 2.24) is 0 Å². The van der Waals surface area contributed by atoms with Crippen LogP contribution in [0.15, 0.2) is 98.1 Å². The van der Waals surface area contributed by atoms with Crippen molar-refractivity contribution < 1.29 is 95.3 Å². The zero-order chi connectivity index (χ0) is 71.2. The van der Waals surface area contributed by atoms with E-state index in [4.69, 9.17) is 47.4 Å². The number of unbranched alkanes of at least 4 members (excludes halogenated alkanes) is 8. The second-order valence-electron chi connectivity index (χ2n) is 23.4. The Morgan fingerprint density at radius 2 is 0.500 bits per heavy atom. The van der Waals surface area contributed by atoms with Gasteiger partial charge in [0.15, 0.2) is 23.1 Å². The molecule has 0 fully saturated rings. The summed E-state index contributed by atoms with van der Waals surface area (Å²) >= 11 is 0. The van der Waals surface area contributed by atoms with Crippen LogP contribution in [-0.2, 0) is 82.9 Å². The highest BCUT2D eigenvalue weighted by Gasteiger charge is 2.28. The summed E-state index contributed by atoms with van der Waals surface area (Å²) in [5, 5.41) is 0. The van der Waals surface area contributed by atoms with E-state index >= 15 is 0 Å². The minimum atomic E-state index is -0.853. The van der Waals surface area contributed by atoms with Crippen molar-refractivity contribution in [3.8, 4) is 23.0 Å². The number of Topliss-reactive ketones (excluding diaryl/α,β-unsaturated/α-hetero) is 4. The lowest BCUT2D eigenvalue weighted by molar-refractivity contribution is -0.140. The molecule has 4 aromatic carbocycles. The number of fused-ring (bicyclic) bond motifs is 8. The molecule has 0 atom stereocenters. The Bertz CT molecular complexity index is 3170. The van der Waals surface area contributed by atoms with Crippen LogP contribution >= 0.6 is 0 Å². The van der Waals surface area contributed by atoms with E-state index in [-0.39, 0.29) is 164 Å². The van der Waals surface area contributed by atoms with E-state index in [0.29, 0.717) is 92.4 Å². The molecule has 0 saturated carbocycles. The van der Waals surface area contributed by atoms with Crippen molar-refractivity contribution in [2.24, 2.45) is 0 Å². The average molecular weight is 1350 g/mol. The lowest BCUT2D eigenvalue weighted by Crippen LogP contribution is -2.17. The van der Waals surface area contributed by atoms with Crippen molar-refractivity contribution in [1.29, 1.82) is 0 Å². The maximum absolute atomic E-state index is 14.8. The average Bonchev–Trinajstić information content (AvgIpc) is 0.773. The van der Waals surface area contributed by atoms with Crippen LogP contribution in [0.25, 0.3) is 0 Å². The Balaban J connectivity index is 2.00. The molecule has 528 valence electrons. The van der Waals surface area contributed by atoms with E-state index in [1.54, 1.807) is 62.4 Å². The standard InChI is InChI=1S/C78H96O20/c1-9-17-21-25-65(79)53-41-57-49-61-45-55(67(81)27-23-19-11-3)47-63(77(61)97-39-35-93-73(87)31-29-71(85)89-15-7)51-59-43-54(66(80)26-22-18-10-2)44-60(76(59)96-38-34-92-70(84)14-6)52-64-48-56(68(82)28-24-20-12-4)46-62(50-58(42-53)75(57)95-37-33-91-69(83)13-5)78(64)98-40-36-94-74(88)32-30-72(86)90-16-8/h13-14,29-32,41-48H,5-6,9-12,15-28,33-40,49-52H2,1-4,7-8H3/b31-29-,32-30-. The van der Waals surface area contributed by atoms with Crippen LogP contribution in [0, 0.1) is 0 Å². The molecule has 20 heteroatoms. The van der Waals surface area contributed by atoms with Gasteiger partial charge in [0.05, 0.1) is 13.2 Å². The number of ether oxygens (including phenoxy) is 10. The van der Waals surface area contributed by atoms with E-state index in [9.17, 15) is 47.9 Å². The number of hydrogen-bond acceptors (Lipinski definition) is 20. The first-order valence-electron chi connectivity index (χ1n) is 34.3. The fourth-order valence-corrected chi connectivity index (χ4v) is 11.0. The molecule has 0 radical (unpaired) electrons. The molecule has 0 unspecified atom stereocenters. The smallest absolute Gasteiger partial charge is 0.331 e. The van der Waals surface area contributed by atoms with Crippen molar-refractivity contribution >= 4 is 58.9 Å². The van der Waals surface area contributed by atoms with E-state index < -0.39 is 35.8 Å². The molecule has 98 heavy (non-hydrogen) atoms. The van der Waals surface area contributed by atoms with Gasteiger partial charge in [-0.1, -0.05) is 92.2 Å². The summed E-state index contributed by atoms with van der Waals surface area (Å²) in [7, 11) is 0. The lowest BCUT2D eigenvalue weighted by atomic mass is 9.86. The summed E-state index contributed by atoms with van der Waals surface area (Å²) < 4.78 is 59.0. The van der Waals surface area contributed by atoms with Crippen LogP contribution in [0.3, 0.4) is 0 Å². The predicted octanol–water partition coefficient (Wildman–Crippen LogP) is 13.7. The number of esters is 6. The minimum Gasteiger partial charge on any atom is -0.489 e. The maximum Gasteiger partial charge on any atom is 0.331 e. The largest absolute Gasteiger partial charge is 0.489 e. The van der Waals surface area contributed by atoms with E-state index in [1.807, 2.05) is 27.7 Å².